The Morgan fingerprint density at radius 2 is 1.57 bits per heavy atom. The van der Waals surface area contributed by atoms with Crippen molar-refractivity contribution in [1.82, 2.24) is 5.32 Å². The van der Waals surface area contributed by atoms with Gasteiger partial charge in [0.05, 0.1) is 6.04 Å². The Kier molecular flexibility index (Phi) is 5.11. The Balaban J connectivity index is 1.93. The SMILES string of the molecule is C[C@H](NC(=O)C(=O)Nc1ccc(Br)cc1)c1ccccc1. The van der Waals surface area contributed by atoms with E-state index in [1.165, 1.54) is 0 Å². The fourth-order valence-electron chi connectivity index (χ4n) is 1.81. The molecule has 4 nitrogen and oxygen atoms in total. The standard InChI is InChI=1S/C16H15BrN2O2/c1-11(12-5-3-2-4-6-12)18-15(20)16(21)19-14-9-7-13(17)8-10-14/h2-11H,1H3,(H,18,20)(H,19,21)/t11-/m0/s1. The number of hydrogen-bond acceptors (Lipinski definition) is 2. The lowest BCUT2D eigenvalue weighted by atomic mass is 10.1. The number of nitrogens with one attached hydrogen (secondary N) is 2. The van der Waals surface area contributed by atoms with Crippen LogP contribution in [0, 0.1) is 0 Å². The third-order valence-electron chi connectivity index (χ3n) is 2.96. The van der Waals surface area contributed by atoms with Gasteiger partial charge in [-0.05, 0) is 36.8 Å². The molecule has 0 saturated heterocycles. The largest absolute Gasteiger partial charge is 0.341 e. The van der Waals surface area contributed by atoms with Gasteiger partial charge in [0.15, 0.2) is 0 Å². The summed E-state index contributed by atoms with van der Waals surface area (Å²) in [4.78, 5) is 23.7. The average molecular weight is 347 g/mol. The molecule has 0 aliphatic rings. The van der Waals surface area contributed by atoms with Crippen LogP contribution in [0.5, 0.6) is 0 Å². The molecule has 5 heteroatoms. The molecule has 2 aromatic carbocycles. The van der Waals surface area contributed by atoms with E-state index < -0.39 is 11.8 Å². The first-order valence-corrected chi connectivity index (χ1v) is 7.28. The topological polar surface area (TPSA) is 58.2 Å². The summed E-state index contributed by atoms with van der Waals surface area (Å²) in [6.45, 7) is 1.83. The second-order valence-corrected chi connectivity index (χ2v) is 5.48. The Morgan fingerprint density at radius 3 is 2.19 bits per heavy atom. The normalized spacial score (nSPS) is 11.5. The lowest BCUT2D eigenvalue weighted by Gasteiger charge is -2.14. The molecule has 0 heterocycles. The van der Waals surface area contributed by atoms with Crippen molar-refractivity contribution in [2.24, 2.45) is 0 Å². The molecule has 0 unspecified atom stereocenters. The fraction of sp³-hybridized carbons (Fsp3) is 0.125. The molecule has 2 N–H and O–H groups in total. The molecule has 0 radical (unpaired) electrons. The Labute approximate surface area is 131 Å². The number of carbonyl (C=O) groups is 2. The number of benzene rings is 2. The lowest BCUT2D eigenvalue weighted by Crippen LogP contribution is -2.36. The van der Waals surface area contributed by atoms with Crippen molar-refractivity contribution in [1.29, 1.82) is 0 Å². The van der Waals surface area contributed by atoms with Crippen LogP contribution in [0.4, 0.5) is 5.69 Å². The number of rotatable bonds is 3. The quantitative estimate of drug-likeness (QED) is 0.838. The summed E-state index contributed by atoms with van der Waals surface area (Å²) < 4.78 is 0.905. The summed E-state index contributed by atoms with van der Waals surface area (Å²) in [7, 11) is 0. The first-order valence-electron chi connectivity index (χ1n) is 6.48. The molecule has 0 saturated carbocycles. The zero-order valence-electron chi connectivity index (χ0n) is 11.5. The summed E-state index contributed by atoms with van der Waals surface area (Å²) in [5.74, 6) is -1.34. The summed E-state index contributed by atoms with van der Waals surface area (Å²) >= 11 is 3.31. The minimum absolute atomic E-state index is 0.227. The van der Waals surface area contributed by atoms with E-state index in [4.69, 9.17) is 0 Å². The maximum Gasteiger partial charge on any atom is 0.313 e. The molecular formula is C16H15BrN2O2. The van der Waals surface area contributed by atoms with Gasteiger partial charge in [-0.1, -0.05) is 46.3 Å². The number of hydrogen-bond donors (Lipinski definition) is 2. The number of anilines is 1. The highest BCUT2D eigenvalue weighted by molar-refractivity contribution is 9.10. The molecule has 0 aliphatic heterocycles. The highest BCUT2D eigenvalue weighted by atomic mass is 79.9. The van der Waals surface area contributed by atoms with Crippen molar-refractivity contribution in [3.05, 3.63) is 64.6 Å². The van der Waals surface area contributed by atoms with Crippen molar-refractivity contribution >= 4 is 33.4 Å². The first-order chi connectivity index (χ1) is 10.1. The zero-order valence-corrected chi connectivity index (χ0v) is 13.1. The van der Waals surface area contributed by atoms with E-state index >= 15 is 0 Å². The van der Waals surface area contributed by atoms with Gasteiger partial charge in [-0.2, -0.15) is 0 Å². The van der Waals surface area contributed by atoms with Gasteiger partial charge in [0, 0.05) is 10.2 Å². The predicted octanol–water partition coefficient (Wildman–Crippen LogP) is 3.27. The Bertz CT molecular complexity index is 626. The second kappa shape index (κ2) is 7.04. The minimum atomic E-state index is -0.680. The van der Waals surface area contributed by atoms with Crippen molar-refractivity contribution < 1.29 is 9.59 Å². The molecule has 21 heavy (non-hydrogen) atoms. The zero-order chi connectivity index (χ0) is 15.2. The van der Waals surface area contributed by atoms with Gasteiger partial charge in [0.25, 0.3) is 0 Å². The predicted molar refractivity (Wildman–Crippen MR) is 85.8 cm³/mol. The monoisotopic (exact) mass is 346 g/mol. The summed E-state index contributed by atoms with van der Waals surface area (Å²) in [6, 6.07) is 16.3. The summed E-state index contributed by atoms with van der Waals surface area (Å²) in [6.07, 6.45) is 0. The third-order valence-corrected chi connectivity index (χ3v) is 3.48. The van der Waals surface area contributed by atoms with E-state index in [2.05, 4.69) is 26.6 Å². The van der Waals surface area contributed by atoms with Crippen LogP contribution in [-0.2, 0) is 9.59 Å². The van der Waals surface area contributed by atoms with Gasteiger partial charge in [-0.25, -0.2) is 0 Å². The molecule has 2 rings (SSSR count). The van der Waals surface area contributed by atoms with Crippen LogP contribution in [-0.4, -0.2) is 11.8 Å². The van der Waals surface area contributed by atoms with Gasteiger partial charge in [-0.3, -0.25) is 9.59 Å². The molecule has 0 spiro atoms. The van der Waals surface area contributed by atoms with Gasteiger partial charge >= 0.3 is 11.8 Å². The van der Waals surface area contributed by atoms with Crippen LogP contribution < -0.4 is 10.6 Å². The van der Waals surface area contributed by atoms with E-state index in [1.807, 2.05) is 37.3 Å². The van der Waals surface area contributed by atoms with Crippen molar-refractivity contribution in [2.45, 2.75) is 13.0 Å². The van der Waals surface area contributed by atoms with Crippen LogP contribution >= 0.6 is 15.9 Å². The van der Waals surface area contributed by atoms with Gasteiger partial charge in [0.1, 0.15) is 0 Å². The van der Waals surface area contributed by atoms with Crippen LogP contribution in [0.2, 0.25) is 0 Å². The fourth-order valence-corrected chi connectivity index (χ4v) is 2.07. The van der Waals surface area contributed by atoms with Gasteiger partial charge < -0.3 is 10.6 Å². The van der Waals surface area contributed by atoms with E-state index in [1.54, 1.807) is 24.3 Å². The molecule has 0 aliphatic carbocycles. The Morgan fingerprint density at radius 1 is 0.952 bits per heavy atom. The summed E-state index contributed by atoms with van der Waals surface area (Å²) in [5.41, 5.74) is 1.52. The molecule has 0 fully saturated rings. The summed E-state index contributed by atoms with van der Waals surface area (Å²) in [5, 5.41) is 5.22. The highest BCUT2D eigenvalue weighted by Crippen LogP contribution is 2.14. The van der Waals surface area contributed by atoms with Crippen LogP contribution in [0.25, 0.3) is 0 Å². The molecule has 0 bridgehead atoms. The third kappa shape index (κ3) is 4.43. The number of halogens is 1. The maximum absolute atomic E-state index is 11.9. The van der Waals surface area contributed by atoms with Crippen LogP contribution in [0.15, 0.2) is 59.1 Å². The second-order valence-electron chi connectivity index (χ2n) is 4.57. The average Bonchev–Trinajstić information content (AvgIpc) is 2.50. The Hall–Kier alpha value is -2.14. The molecule has 1 atom stereocenters. The van der Waals surface area contributed by atoms with Crippen molar-refractivity contribution in [2.75, 3.05) is 5.32 Å². The molecule has 0 aromatic heterocycles. The van der Waals surface area contributed by atoms with Crippen molar-refractivity contribution in [3.63, 3.8) is 0 Å². The molecule has 108 valence electrons. The first kappa shape index (κ1) is 15.3. The van der Waals surface area contributed by atoms with Crippen LogP contribution in [0.1, 0.15) is 18.5 Å². The van der Waals surface area contributed by atoms with E-state index in [0.29, 0.717) is 5.69 Å². The van der Waals surface area contributed by atoms with E-state index in [-0.39, 0.29) is 6.04 Å². The smallest absolute Gasteiger partial charge is 0.313 e. The van der Waals surface area contributed by atoms with Gasteiger partial charge in [-0.15, -0.1) is 0 Å². The highest BCUT2D eigenvalue weighted by Gasteiger charge is 2.16. The lowest BCUT2D eigenvalue weighted by molar-refractivity contribution is -0.136. The minimum Gasteiger partial charge on any atom is -0.341 e. The number of amides is 2. The van der Waals surface area contributed by atoms with Gasteiger partial charge in [0.2, 0.25) is 0 Å². The van der Waals surface area contributed by atoms with E-state index in [0.717, 1.165) is 10.0 Å². The molecular weight excluding hydrogens is 332 g/mol. The van der Waals surface area contributed by atoms with Crippen LogP contribution in [0.3, 0.4) is 0 Å². The number of carbonyl (C=O) groups excluding carboxylic acids is 2. The molecule has 2 amide bonds. The maximum atomic E-state index is 11.9. The van der Waals surface area contributed by atoms with E-state index in [9.17, 15) is 9.59 Å². The molecule has 2 aromatic rings. The van der Waals surface area contributed by atoms with Crippen molar-refractivity contribution in [3.8, 4) is 0 Å².